The molecule has 0 spiro atoms. The van der Waals surface area contributed by atoms with Gasteiger partial charge < -0.3 is 15.6 Å². The van der Waals surface area contributed by atoms with Crippen LogP contribution in [0.4, 0.5) is 0 Å². The molecule has 4 nitrogen and oxygen atoms in total. The molecular weight excluding hydrogens is 216 g/mol. The lowest BCUT2D eigenvalue weighted by Crippen LogP contribution is -2.11. The molecule has 90 valence electrons. The molecule has 1 aromatic carbocycles. The van der Waals surface area contributed by atoms with Crippen molar-refractivity contribution in [3.05, 3.63) is 35.4 Å². The van der Waals surface area contributed by atoms with Gasteiger partial charge in [-0.05, 0) is 19.4 Å². The number of methoxy groups -OCH3 is 1. The average Bonchev–Trinajstić information content (AvgIpc) is 2.28. The Morgan fingerprint density at radius 2 is 2.29 bits per heavy atom. The van der Waals surface area contributed by atoms with Crippen LogP contribution in [0.25, 0.3) is 0 Å². The van der Waals surface area contributed by atoms with Gasteiger partial charge in [0.05, 0.1) is 18.7 Å². The highest BCUT2D eigenvalue weighted by atomic mass is 16.5. The summed E-state index contributed by atoms with van der Waals surface area (Å²) < 4.78 is 5.00. The Labute approximate surface area is 101 Å². The van der Waals surface area contributed by atoms with Crippen molar-refractivity contribution in [2.45, 2.75) is 19.4 Å². The zero-order valence-electron chi connectivity index (χ0n) is 10.0. The minimum atomic E-state index is -0.394. The summed E-state index contributed by atoms with van der Waals surface area (Å²) in [6, 6.07) is 4.67. The predicted molar refractivity (Wildman–Crippen MR) is 65.7 cm³/mol. The SMILES string of the molecule is C=C(C)C[C@H](N)c1cc(C#N)cc(OC)c1O. The zero-order chi connectivity index (χ0) is 13.0. The lowest BCUT2D eigenvalue weighted by atomic mass is 9.98. The fourth-order valence-electron chi connectivity index (χ4n) is 1.62. The second-order valence-electron chi connectivity index (χ2n) is 4.00. The average molecular weight is 232 g/mol. The van der Waals surface area contributed by atoms with Gasteiger partial charge in [0.2, 0.25) is 0 Å². The van der Waals surface area contributed by atoms with E-state index in [0.717, 1.165) is 5.57 Å². The van der Waals surface area contributed by atoms with Gasteiger partial charge in [-0.3, -0.25) is 0 Å². The van der Waals surface area contributed by atoms with E-state index in [1.54, 1.807) is 6.07 Å². The summed E-state index contributed by atoms with van der Waals surface area (Å²) in [4.78, 5) is 0. The third-order valence-corrected chi connectivity index (χ3v) is 2.42. The van der Waals surface area contributed by atoms with E-state index in [2.05, 4.69) is 6.58 Å². The number of nitrogens with two attached hydrogens (primary N) is 1. The Morgan fingerprint density at radius 1 is 1.65 bits per heavy atom. The number of hydrogen-bond acceptors (Lipinski definition) is 4. The van der Waals surface area contributed by atoms with Crippen molar-refractivity contribution in [1.82, 2.24) is 0 Å². The number of nitrogens with zero attached hydrogens (tertiary/aromatic N) is 1. The van der Waals surface area contributed by atoms with Crippen molar-refractivity contribution in [2.75, 3.05) is 7.11 Å². The van der Waals surface area contributed by atoms with Crippen LogP contribution in [0.1, 0.15) is 30.5 Å². The number of rotatable bonds is 4. The van der Waals surface area contributed by atoms with E-state index in [1.165, 1.54) is 13.2 Å². The lowest BCUT2D eigenvalue weighted by molar-refractivity contribution is 0.368. The first-order valence-electron chi connectivity index (χ1n) is 5.20. The van der Waals surface area contributed by atoms with Gasteiger partial charge >= 0.3 is 0 Å². The maximum absolute atomic E-state index is 9.95. The first-order chi connectivity index (χ1) is 7.99. The minimum Gasteiger partial charge on any atom is -0.504 e. The van der Waals surface area contributed by atoms with Gasteiger partial charge in [-0.15, -0.1) is 6.58 Å². The number of phenolic OH excluding ortho intramolecular Hbond substituents is 1. The van der Waals surface area contributed by atoms with Crippen LogP contribution in [0.15, 0.2) is 24.3 Å². The highest BCUT2D eigenvalue weighted by molar-refractivity contribution is 5.52. The van der Waals surface area contributed by atoms with Gasteiger partial charge in [0.25, 0.3) is 0 Å². The van der Waals surface area contributed by atoms with Crippen LogP contribution in [0.2, 0.25) is 0 Å². The number of hydrogen-bond donors (Lipinski definition) is 2. The van der Waals surface area contributed by atoms with E-state index in [4.69, 9.17) is 15.7 Å². The molecule has 1 aromatic rings. The van der Waals surface area contributed by atoms with Crippen molar-refractivity contribution < 1.29 is 9.84 Å². The second kappa shape index (κ2) is 5.37. The van der Waals surface area contributed by atoms with Crippen LogP contribution in [0.5, 0.6) is 11.5 Å². The van der Waals surface area contributed by atoms with Crippen molar-refractivity contribution in [2.24, 2.45) is 5.73 Å². The lowest BCUT2D eigenvalue weighted by Gasteiger charge is -2.16. The van der Waals surface area contributed by atoms with Crippen LogP contribution in [-0.2, 0) is 0 Å². The van der Waals surface area contributed by atoms with Gasteiger partial charge in [0, 0.05) is 17.7 Å². The zero-order valence-corrected chi connectivity index (χ0v) is 10.0. The summed E-state index contributed by atoms with van der Waals surface area (Å²) in [5, 5.41) is 18.8. The maximum atomic E-state index is 9.95. The first-order valence-corrected chi connectivity index (χ1v) is 5.20. The molecule has 0 saturated carbocycles. The van der Waals surface area contributed by atoms with Gasteiger partial charge in [-0.25, -0.2) is 0 Å². The third-order valence-electron chi connectivity index (χ3n) is 2.42. The Morgan fingerprint density at radius 3 is 2.76 bits per heavy atom. The van der Waals surface area contributed by atoms with E-state index in [-0.39, 0.29) is 11.5 Å². The molecule has 0 saturated heterocycles. The Bertz CT molecular complexity index is 475. The van der Waals surface area contributed by atoms with Crippen LogP contribution >= 0.6 is 0 Å². The monoisotopic (exact) mass is 232 g/mol. The first kappa shape index (κ1) is 13.1. The molecule has 1 rings (SSSR count). The molecule has 0 amide bonds. The molecule has 0 heterocycles. The molecule has 0 aliphatic carbocycles. The molecule has 0 aliphatic rings. The summed E-state index contributed by atoms with van der Waals surface area (Å²) in [6.07, 6.45) is 0.547. The second-order valence-corrected chi connectivity index (χ2v) is 4.00. The number of aromatic hydroxyl groups is 1. The molecular formula is C13H16N2O2. The molecule has 0 aliphatic heterocycles. The number of phenols is 1. The van der Waals surface area contributed by atoms with Crippen LogP contribution in [-0.4, -0.2) is 12.2 Å². The summed E-state index contributed by atoms with van der Waals surface area (Å²) >= 11 is 0. The van der Waals surface area contributed by atoms with Gasteiger partial charge in [-0.2, -0.15) is 5.26 Å². The number of ether oxygens (including phenoxy) is 1. The molecule has 0 unspecified atom stereocenters. The van der Waals surface area contributed by atoms with E-state index in [0.29, 0.717) is 17.5 Å². The fraction of sp³-hybridized carbons (Fsp3) is 0.308. The largest absolute Gasteiger partial charge is 0.504 e. The van der Waals surface area contributed by atoms with E-state index in [9.17, 15) is 5.11 Å². The van der Waals surface area contributed by atoms with Crippen molar-refractivity contribution >= 4 is 0 Å². The standard InChI is InChI=1S/C13H16N2O2/c1-8(2)4-11(15)10-5-9(7-14)6-12(17-3)13(10)16/h5-6,11,16H,1,4,15H2,2-3H3/t11-/m0/s1. The van der Waals surface area contributed by atoms with E-state index in [1.807, 2.05) is 13.0 Å². The molecule has 3 N–H and O–H groups in total. The predicted octanol–water partition coefficient (Wildman–Crippen LogP) is 2.24. The third kappa shape index (κ3) is 2.99. The molecule has 0 fully saturated rings. The normalized spacial score (nSPS) is 11.6. The summed E-state index contributed by atoms with van der Waals surface area (Å²) in [5.74, 6) is 0.247. The highest BCUT2D eigenvalue weighted by Gasteiger charge is 2.16. The molecule has 0 bridgehead atoms. The summed E-state index contributed by atoms with van der Waals surface area (Å²) in [5.41, 5.74) is 7.79. The Hall–Kier alpha value is -1.99. The van der Waals surface area contributed by atoms with Gasteiger partial charge in [-0.1, -0.05) is 5.57 Å². The molecule has 4 heteroatoms. The van der Waals surface area contributed by atoms with E-state index >= 15 is 0 Å². The number of benzene rings is 1. The topological polar surface area (TPSA) is 79.3 Å². The molecule has 0 radical (unpaired) electrons. The molecule has 0 aromatic heterocycles. The quantitative estimate of drug-likeness (QED) is 0.780. The van der Waals surface area contributed by atoms with E-state index < -0.39 is 6.04 Å². The van der Waals surface area contributed by atoms with Gasteiger partial charge in [0.15, 0.2) is 11.5 Å². The van der Waals surface area contributed by atoms with Crippen molar-refractivity contribution in [3.63, 3.8) is 0 Å². The van der Waals surface area contributed by atoms with Crippen LogP contribution in [0.3, 0.4) is 0 Å². The van der Waals surface area contributed by atoms with Crippen LogP contribution in [0, 0.1) is 11.3 Å². The highest BCUT2D eigenvalue weighted by Crippen LogP contribution is 2.35. The smallest absolute Gasteiger partial charge is 0.162 e. The Balaban J connectivity index is 3.22. The minimum absolute atomic E-state index is 0.0137. The fourth-order valence-corrected chi connectivity index (χ4v) is 1.62. The summed E-state index contributed by atoms with van der Waals surface area (Å²) in [6.45, 7) is 5.64. The maximum Gasteiger partial charge on any atom is 0.162 e. The number of nitriles is 1. The van der Waals surface area contributed by atoms with Gasteiger partial charge in [0.1, 0.15) is 0 Å². The van der Waals surface area contributed by atoms with Crippen molar-refractivity contribution in [1.29, 1.82) is 5.26 Å². The Kier molecular flexibility index (Phi) is 4.13. The molecule has 1 atom stereocenters. The van der Waals surface area contributed by atoms with Crippen molar-refractivity contribution in [3.8, 4) is 17.6 Å². The van der Waals surface area contributed by atoms with Crippen LogP contribution < -0.4 is 10.5 Å². The summed E-state index contributed by atoms with van der Waals surface area (Å²) in [7, 11) is 1.43. The molecule has 17 heavy (non-hydrogen) atoms.